The van der Waals surface area contributed by atoms with Crippen LogP contribution in [0.2, 0.25) is 0 Å². The standard InChI is InChI=1S/C26H35O3PS/c1-14(2)19-13-15(3)11-12-20(19)28-26-22-21(25(27)29-26)23-16(4)17(5)24(22)30(23,31)18-9-7-6-8-10-18/h6-10,14-15,19-24,26H,11-13H2,1-5H3/t15-,19-,20?,21+,22-,23+,24-,26+,30?/m0/s1. The first kappa shape index (κ1) is 21.9. The predicted octanol–water partition coefficient (Wildman–Crippen LogP) is 5.48. The molecule has 3 aliphatic heterocycles. The van der Waals surface area contributed by atoms with Crippen LogP contribution in [0, 0.1) is 29.6 Å². The van der Waals surface area contributed by atoms with Gasteiger partial charge in [0.25, 0.3) is 0 Å². The van der Waals surface area contributed by atoms with Gasteiger partial charge in [-0.15, -0.1) is 0 Å². The Morgan fingerprint density at radius 1 is 1.10 bits per heavy atom. The predicted molar refractivity (Wildman–Crippen MR) is 129 cm³/mol. The first-order valence-electron chi connectivity index (χ1n) is 11.9. The van der Waals surface area contributed by atoms with Crippen molar-refractivity contribution in [2.75, 3.05) is 0 Å². The molecule has 3 nitrogen and oxygen atoms in total. The fraction of sp³-hybridized carbons (Fsp3) is 0.654. The van der Waals surface area contributed by atoms with Crippen LogP contribution < -0.4 is 5.30 Å². The second-order valence-corrected chi connectivity index (χ2v) is 15.6. The van der Waals surface area contributed by atoms with E-state index in [2.05, 4.69) is 58.9 Å². The number of carbonyl (C=O) groups excluding carboxylic acids is 1. The molecule has 1 saturated carbocycles. The van der Waals surface area contributed by atoms with E-state index in [0.717, 1.165) is 12.3 Å². The zero-order valence-electron chi connectivity index (χ0n) is 19.3. The Balaban J connectivity index is 1.49. The number of allylic oxidation sites excluding steroid dienone is 2. The maximum Gasteiger partial charge on any atom is 0.312 e. The number of cyclic esters (lactones) is 1. The van der Waals surface area contributed by atoms with Gasteiger partial charge < -0.3 is 9.47 Å². The molecule has 0 aromatic heterocycles. The quantitative estimate of drug-likeness (QED) is 0.340. The van der Waals surface area contributed by atoms with Crippen molar-refractivity contribution in [3.8, 4) is 0 Å². The Morgan fingerprint density at radius 3 is 2.45 bits per heavy atom. The lowest BCUT2D eigenvalue weighted by Crippen LogP contribution is -2.41. The molecular weight excluding hydrogens is 423 g/mol. The van der Waals surface area contributed by atoms with Crippen LogP contribution in [0.15, 0.2) is 41.5 Å². The number of benzene rings is 1. The van der Waals surface area contributed by atoms with E-state index in [1.165, 1.54) is 29.3 Å². The molecule has 0 N–H and O–H groups in total. The van der Waals surface area contributed by atoms with Crippen LogP contribution in [0.1, 0.15) is 53.9 Å². The number of fused-ring (bicyclic) bond motifs is 5. The maximum atomic E-state index is 13.2. The van der Waals surface area contributed by atoms with Gasteiger partial charge in [-0.1, -0.05) is 74.1 Å². The summed E-state index contributed by atoms with van der Waals surface area (Å²) in [6, 6.07) is 8.62. The summed E-state index contributed by atoms with van der Waals surface area (Å²) in [5.41, 5.74) is 3.08. The van der Waals surface area contributed by atoms with Crippen LogP contribution in [0.3, 0.4) is 0 Å². The Morgan fingerprint density at radius 2 is 1.77 bits per heavy atom. The molecule has 168 valence electrons. The smallest absolute Gasteiger partial charge is 0.312 e. The molecule has 0 amide bonds. The monoisotopic (exact) mass is 458 g/mol. The van der Waals surface area contributed by atoms with Crippen molar-refractivity contribution >= 4 is 29.1 Å². The fourth-order valence-electron chi connectivity index (χ4n) is 7.09. The normalized spacial score (nSPS) is 44.1. The first-order chi connectivity index (χ1) is 14.7. The van der Waals surface area contributed by atoms with Gasteiger partial charge in [0.15, 0.2) is 0 Å². The number of rotatable bonds is 4. The Hall–Kier alpha value is -0.960. The Kier molecular flexibility index (Phi) is 5.51. The van der Waals surface area contributed by atoms with E-state index in [4.69, 9.17) is 21.3 Å². The van der Waals surface area contributed by atoms with Gasteiger partial charge in [0.2, 0.25) is 6.29 Å². The van der Waals surface area contributed by atoms with Crippen LogP contribution in [0.25, 0.3) is 0 Å². The molecule has 31 heavy (non-hydrogen) atoms. The van der Waals surface area contributed by atoms with Crippen molar-refractivity contribution in [1.82, 2.24) is 0 Å². The average Bonchev–Trinajstić information content (AvgIpc) is 3.27. The summed E-state index contributed by atoms with van der Waals surface area (Å²) in [6.45, 7) is 11.4. The minimum absolute atomic E-state index is 0.0689. The fourth-order valence-corrected chi connectivity index (χ4v) is 14.0. The summed E-state index contributed by atoms with van der Waals surface area (Å²) in [6.07, 6.45) is 3.18. The highest BCUT2D eigenvalue weighted by Crippen LogP contribution is 2.76. The average molecular weight is 459 g/mol. The van der Waals surface area contributed by atoms with Gasteiger partial charge in [-0.25, -0.2) is 0 Å². The van der Waals surface area contributed by atoms with Gasteiger partial charge in [0.1, 0.15) is 0 Å². The third-order valence-corrected chi connectivity index (χ3v) is 14.9. The molecule has 2 saturated heterocycles. The lowest BCUT2D eigenvalue weighted by molar-refractivity contribution is -0.194. The van der Waals surface area contributed by atoms with Crippen molar-refractivity contribution in [3.63, 3.8) is 0 Å². The van der Waals surface area contributed by atoms with E-state index >= 15 is 0 Å². The highest BCUT2D eigenvalue weighted by atomic mass is 32.4. The van der Waals surface area contributed by atoms with Gasteiger partial charge in [0, 0.05) is 17.2 Å². The number of esters is 1. The maximum absolute atomic E-state index is 13.2. The Labute approximate surface area is 192 Å². The van der Waals surface area contributed by atoms with Crippen molar-refractivity contribution in [2.24, 2.45) is 29.6 Å². The van der Waals surface area contributed by atoms with E-state index in [-0.39, 0.29) is 35.2 Å². The lowest BCUT2D eigenvalue weighted by Gasteiger charge is -2.39. The largest absolute Gasteiger partial charge is 0.435 e. The van der Waals surface area contributed by atoms with Crippen molar-refractivity contribution in [1.29, 1.82) is 0 Å². The molecular formula is C26H35O3PS. The van der Waals surface area contributed by atoms with E-state index < -0.39 is 12.3 Å². The van der Waals surface area contributed by atoms with Gasteiger partial charge in [-0.3, -0.25) is 4.79 Å². The lowest BCUT2D eigenvalue weighted by atomic mass is 9.74. The molecule has 1 aromatic rings. The minimum Gasteiger partial charge on any atom is -0.435 e. The molecule has 4 aliphatic rings. The second-order valence-electron chi connectivity index (χ2n) is 10.7. The highest BCUT2D eigenvalue weighted by molar-refractivity contribution is 8.19. The molecule has 1 aliphatic carbocycles. The number of hydrogen-bond donors (Lipinski definition) is 0. The van der Waals surface area contributed by atoms with Crippen molar-refractivity contribution < 1.29 is 14.3 Å². The van der Waals surface area contributed by atoms with Crippen LogP contribution in [-0.2, 0) is 26.1 Å². The third kappa shape index (κ3) is 3.15. The summed E-state index contributed by atoms with van der Waals surface area (Å²) >= 11 is 6.55. The zero-order valence-corrected chi connectivity index (χ0v) is 21.0. The van der Waals surface area contributed by atoms with E-state index in [1.54, 1.807) is 0 Å². The summed E-state index contributed by atoms with van der Waals surface area (Å²) in [4.78, 5) is 13.2. The summed E-state index contributed by atoms with van der Waals surface area (Å²) in [5, 5.41) is 1.27. The molecule has 3 heterocycles. The highest BCUT2D eigenvalue weighted by Gasteiger charge is 2.69. The molecule has 9 atom stereocenters. The van der Waals surface area contributed by atoms with Crippen molar-refractivity contribution in [3.05, 3.63) is 41.5 Å². The van der Waals surface area contributed by atoms with Gasteiger partial charge >= 0.3 is 5.97 Å². The number of hydrogen-bond acceptors (Lipinski definition) is 4. The molecule has 0 spiro atoms. The molecule has 3 fully saturated rings. The van der Waals surface area contributed by atoms with Crippen LogP contribution in [0.4, 0.5) is 0 Å². The van der Waals surface area contributed by atoms with E-state index in [1.807, 2.05) is 6.07 Å². The van der Waals surface area contributed by atoms with Crippen LogP contribution in [0.5, 0.6) is 0 Å². The molecule has 2 unspecified atom stereocenters. The minimum atomic E-state index is -1.98. The molecule has 5 rings (SSSR count). The van der Waals surface area contributed by atoms with Crippen LogP contribution in [-0.4, -0.2) is 29.7 Å². The first-order valence-corrected chi connectivity index (χ1v) is 14.9. The summed E-state index contributed by atoms with van der Waals surface area (Å²) in [5.74, 6) is 1.69. The van der Waals surface area contributed by atoms with Crippen molar-refractivity contribution in [2.45, 2.75) is 77.6 Å². The molecule has 0 radical (unpaired) electrons. The number of carbonyl (C=O) groups is 1. The topological polar surface area (TPSA) is 35.5 Å². The molecule has 1 aromatic carbocycles. The number of ether oxygens (including phenoxy) is 2. The van der Waals surface area contributed by atoms with E-state index in [9.17, 15) is 4.79 Å². The summed E-state index contributed by atoms with van der Waals surface area (Å²) < 4.78 is 12.7. The van der Waals surface area contributed by atoms with Crippen LogP contribution >= 0.6 is 6.04 Å². The second kappa shape index (κ2) is 7.82. The molecule has 2 bridgehead atoms. The van der Waals surface area contributed by atoms with Gasteiger partial charge in [-0.2, -0.15) is 0 Å². The Bertz CT molecular complexity index is 955. The van der Waals surface area contributed by atoms with E-state index in [0.29, 0.717) is 11.8 Å². The zero-order chi connectivity index (χ0) is 22.1. The molecule has 5 heteroatoms. The van der Waals surface area contributed by atoms with Gasteiger partial charge in [-0.05, 0) is 62.2 Å². The third-order valence-electron chi connectivity index (χ3n) is 8.69. The SMILES string of the molecule is CC1=C(C)[C@H]2[C@H]3[C@H](OC4CC[C@H](C)C[C@H]4C(C)C)OC(=O)[C@H]3[C@@H]1P2(=S)c1ccccc1. The van der Waals surface area contributed by atoms with Gasteiger partial charge in [0.05, 0.1) is 12.0 Å². The summed E-state index contributed by atoms with van der Waals surface area (Å²) in [7, 11) is 0.